The molecule has 38 heavy (non-hydrogen) atoms. The summed E-state index contributed by atoms with van der Waals surface area (Å²) in [6.07, 6.45) is 0.155. The number of ether oxygens (including phenoxy) is 1. The maximum absolute atomic E-state index is 13.7. The molecule has 2 aromatic carbocycles. The fraction of sp³-hybridized carbons (Fsp3) is 0.385. The lowest BCUT2D eigenvalue weighted by atomic mass is 9.90. The van der Waals surface area contributed by atoms with E-state index in [0.29, 0.717) is 47.9 Å². The molecule has 3 aliphatic rings. The van der Waals surface area contributed by atoms with Crippen molar-refractivity contribution in [3.05, 3.63) is 58.6 Å². The zero-order valence-corrected chi connectivity index (χ0v) is 21.3. The van der Waals surface area contributed by atoms with E-state index in [1.54, 1.807) is 23.1 Å². The lowest BCUT2D eigenvalue weighted by Gasteiger charge is -2.36. The van der Waals surface area contributed by atoms with E-state index in [9.17, 15) is 19.2 Å². The molecule has 1 spiro atoms. The third-order valence-electron chi connectivity index (χ3n) is 7.23. The molecule has 200 valence electrons. The summed E-state index contributed by atoms with van der Waals surface area (Å²) in [5.41, 5.74) is 0.937. The Kier molecular flexibility index (Phi) is 7.13. The number of carboxylic acid groups (broad SMARTS) is 1. The number of anilines is 2. The van der Waals surface area contributed by atoms with Gasteiger partial charge in [-0.1, -0.05) is 11.6 Å². The van der Waals surface area contributed by atoms with Crippen LogP contribution in [0.2, 0.25) is 5.02 Å². The van der Waals surface area contributed by atoms with Gasteiger partial charge in [-0.3, -0.25) is 20.2 Å². The number of likely N-dealkylation sites (tertiary alicyclic amines) is 2. The topological polar surface area (TPSA) is 140 Å². The molecule has 5 rings (SSSR count). The maximum atomic E-state index is 13.7. The monoisotopic (exact) mass is 541 g/mol. The molecule has 0 saturated carbocycles. The van der Waals surface area contributed by atoms with E-state index in [4.69, 9.17) is 21.4 Å². The molecule has 2 fully saturated rings. The smallest absolute Gasteiger partial charge is 0.412 e. The first-order valence-electron chi connectivity index (χ1n) is 12.4. The predicted molar refractivity (Wildman–Crippen MR) is 139 cm³/mol. The third kappa shape index (κ3) is 5.39. The summed E-state index contributed by atoms with van der Waals surface area (Å²) in [4.78, 5) is 53.8. The summed E-state index contributed by atoms with van der Waals surface area (Å²) in [6, 6.07) is 10.3. The molecule has 11 nitrogen and oxygen atoms in total. The van der Waals surface area contributed by atoms with E-state index in [1.807, 2.05) is 0 Å². The lowest BCUT2D eigenvalue weighted by molar-refractivity contribution is -0.133. The van der Waals surface area contributed by atoms with E-state index >= 15 is 0 Å². The van der Waals surface area contributed by atoms with Crippen molar-refractivity contribution in [1.82, 2.24) is 15.1 Å². The number of benzene rings is 2. The van der Waals surface area contributed by atoms with Crippen LogP contribution in [0.1, 0.15) is 35.2 Å². The number of carbonyl (C=O) groups is 4. The summed E-state index contributed by atoms with van der Waals surface area (Å²) in [7, 11) is 0. The van der Waals surface area contributed by atoms with Crippen molar-refractivity contribution < 1.29 is 29.0 Å². The number of hydrogen-bond acceptors (Lipinski definition) is 6. The highest BCUT2D eigenvalue weighted by Crippen LogP contribution is 2.43. The van der Waals surface area contributed by atoms with Crippen LogP contribution >= 0.6 is 11.6 Å². The van der Waals surface area contributed by atoms with Gasteiger partial charge in [-0.25, -0.2) is 9.59 Å². The van der Waals surface area contributed by atoms with Crippen LogP contribution in [-0.2, 0) is 15.1 Å². The van der Waals surface area contributed by atoms with Gasteiger partial charge in [0, 0.05) is 41.3 Å². The molecule has 2 atom stereocenters. The number of nitrogens with zero attached hydrogens (tertiary/aromatic N) is 2. The Labute approximate surface area is 224 Å². The van der Waals surface area contributed by atoms with E-state index in [-0.39, 0.29) is 12.5 Å². The lowest BCUT2D eigenvalue weighted by Crippen LogP contribution is -2.51. The van der Waals surface area contributed by atoms with Crippen molar-refractivity contribution in [2.45, 2.75) is 30.9 Å². The molecule has 2 saturated heterocycles. The first-order valence-corrected chi connectivity index (χ1v) is 12.8. The zero-order chi connectivity index (χ0) is 26.9. The van der Waals surface area contributed by atoms with Gasteiger partial charge in [-0.15, -0.1) is 0 Å². The SMILES string of the molecule is O=C(O)Nc1ccc(C(=O)N[C@@H](CCN2CCC2)C(=O)N2CC[C@@]3(C2)OC(=O)Nc2ccc(Cl)cc23)cc1. The van der Waals surface area contributed by atoms with E-state index in [2.05, 4.69) is 20.9 Å². The summed E-state index contributed by atoms with van der Waals surface area (Å²) in [5, 5.41) is 17.1. The van der Waals surface area contributed by atoms with Crippen LogP contribution in [0.3, 0.4) is 0 Å². The fourth-order valence-electron chi connectivity index (χ4n) is 5.11. The Hall–Kier alpha value is -3.83. The first-order chi connectivity index (χ1) is 18.2. The highest BCUT2D eigenvalue weighted by Gasteiger charge is 2.49. The minimum Gasteiger partial charge on any atom is -0.465 e. The molecule has 0 radical (unpaired) electrons. The van der Waals surface area contributed by atoms with Gasteiger partial charge in [0.1, 0.15) is 6.04 Å². The molecule has 3 aliphatic heterocycles. The summed E-state index contributed by atoms with van der Waals surface area (Å²) < 4.78 is 5.74. The quantitative estimate of drug-likeness (QED) is 0.421. The molecule has 3 heterocycles. The Bertz CT molecular complexity index is 1270. The second-order valence-electron chi connectivity index (χ2n) is 9.73. The van der Waals surface area contributed by atoms with E-state index in [1.165, 1.54) is 24.3 Å². The number of carbonyl (C=O) groups excluding carboxylic acids is 3. The number of halogens is 1. The van der Waals surface area contributed by atoms with Crippen LogP contribution in [0, 0.1) is 0 Å². The molecule has 0 aromatic heterocycles. The fourth-order valence-corrected chi connectivity index (χ4v) is 5.28. The Balaban J connectivity index is 1.32. The first kappa shape index (κ1) is 25.8. The largest absolute Gasteiger partial charge is 0.465 e. The van der Waals surface area contributed by atoms with Crippen LogP contribution in [0.5, 0.6) is 0 Å². The van der Waals surface area contributed by atoms with Gasteiger partial charge in [-0.05, 0) is 68.4 Å². The van der Waals surface area contributed by atoms with Gasteiger partial charge in [0.2, 0.25) is 5.91 Å². The van der Waals surface area contributed by atoms with Crippen molar-refractivity contribution >= 4 is 47.0 Å². The second kappa shape index (κ2) is 10.5. The average Bonchev–Trinajstić information content (AvgIpc) is 3.26. The molecule has 4 N–H and O–H groups in total. The van der Waals surface area contributed by atoms with E-state index in [0.717, 1.165) is 25.1 Å². The van der Waals surface area contributed by atoms with Gasteiger partial charge < -0.3 is 25.0 Å². The number of rotatable bonds is 7. The molecule has 12 heteroatoms. The normalized spacial score (nSPS) is 21.1. The van der Waals surface area contributed by atoms with Crippen LogP contribution < -0.4 is 16.0 Å². The van der Waals surface area contributed by atoms with Crippen molar-refractivity contribution in [3.8, 4) is 0 Å². The van der Waals surface area contributed by atoms with Gasteiger partial charge >= 0.3 is 12.2 Å². The van der Waals surface area contributed by atoms with Gasteiger partial charge in [0.05, 0.1) is 12.2 Å². The predicted octanol–water partition coefficient (Wildman–Crippen LogP) is 3.31. The Morgan fingerprint density at radius 2 is 1.89 bits per heavy atom. The third-order valence-corrected chi connectivity index (χ3v) is 7.46. The average molecular weight is 542 g/mol. The highest BCUT2D eigenvalue weighted by atomic mass is 35.5. The molecule has 2 aromatic rings. The highest BCUT2D eigenvalue weighted by molar-refractivity contribution is 6.30. The van der Waals surface area contributed by atoms with Crippen molar-refractivity contribution in [1.29, 1.82) is 0 Å². The van der Waals surface area contributed by atoms with Crippen molar-refractivity contribution in [2.24, 2.45) is 0 Å². The molecule has 0 unspecified atom stereocenters. The van der Waals surface area contributed by atoms with Crippen molar-refractivity contribution in [3.63, 3.8) is 0 Å². The molecular formula is C26H28ClN5O6. The zero-order valence-electron chi connectivity index (χ0n) is 20.5. The molecule has 0 bridgehead atoms. The number of fused-ring (bicyclic) bond motifs is 2. The van der Waals surface area contributed by atoms with Gasteiger partial charge in [-0.2, -0.15) is 0 Å². The van der Waals surface area contributed by atoms with Crippen molar-refractivity contribution in [2.75, 3.05) is 43.4 Å². The molecular weight excluding hydrogens is 514 g/mol. The van der Waals surface area contributed by atoms with Gasteiger partial charge in [0.15, 0.2) is 5.60 Å². The van der Waals surface area contributed by atoms with Crippen LogP contribution in [0.15, 0.2) is 42.5 Å². The maximum Gasteiger partial charge on any atom is 0.412 e. The Morgan fingerprint density at radius 1 is 1.13 bits per heavy atom. The van der Waals surface area contributed by atoms with Gasteiger partial charge in [0.25, 0.3) is 5.91 Å². The van der Waals surface area contributed by atoms with E-state index < -0.39 is 29.7 Å². The second-order valence-corrected chi connectivity index (χ2v) is 10.2. The standard InChI is InChI=1S/C26H28ClN5O6/c27-17-4-7-20-19(14-17)26(38-25(37)30-20)9-13-32(15-26)23(34)21(8-12-31-10-1-11-31)29-22(33)16-2-5-18(6-3-16)28-24(35)36/h2-7,14,21,28H,1,8-13,15H2,(H,29,33)(H,30,37)(H,35,36)/t21-,26-/m0/s1. The summed E-state index contributed by atoms with van der Waals surface area (Å²) in [5.74, 6) is -0.689. The number of amides is 4. The minimum absolute atomic E-state index is 0.151. The molecule has 0 aliphatic carbocycles. The Morgan fingerprint density at radius 3 is 2.58 bits per heavy atom. The number of hydrogen-bond donors (Lipinski definition) is 4. The minimum atomic E-state index is -1.20. The summed E-state index contributed by atoms with van der Waals surface area (Å²) in [6.45, 7) is 3.08. The van der Waals surface area contributed by atoms with Crippen LogP contribution in [0.25, 0.3) is 0 Å². The molecule has 4 amide bonds. The van der Waals surface area contributed by atoms with Crippen LogP contribution in [-0.4, -0.2) is 77.7 Å². The van der Waals surface area contributed by atoms with Crippen LogP contribution in [0.4, 0.5) is 21.0 Å². The summed E-state index contributed by atoms with van der Waals surface area (Å²) >= 11 is 6.23. The number of nitrogens with one attached hydrogen (secondary N) is 3.